The standard InChI is InChI=1S/C28H26N8O2/c1-4-38-27(37)22-17-29-28(36-19(3)15-18(2)35-36)32-26(22)34-33-24-16-23(20-11-7-5-8-12-20)30-25(31-24)21-13-9-6-10-14-21/h5-17H,4H2,1-3H3,(H,29,32,34)(H,30,31,33). The second-order valence-corrected chi connectivity index (χ2v) is 8.44. The smallest absolute Gasteiger partial charge is 0.343 e. The predicted octanol–water partition coefficient (Wildman–Crippen LogP) is 5.02. The highest BCUT2D eigenvalue weighted by Gasteiger charge is 2.18. The molecule has 0 aliphatic heterocycles. The number of hydrogen-bond donors (Lipinski definition) is 2. The molecule has 2 aromatic carbocycles. The van der Waals surface area contributed by atoms with Gasteiger partial charge in [-0.1, -0.05) is 60.7 Å². The average Bonchev–Trinajstić information content (AvgIpc) is 3.30. The molecule has 0 spiro atoms. The first kappa shape index (κ1) is 24.6. The summed E-state index contributed by atoms with van der Waals surface area (Å²) in [5.74, 6) is 1.02. The number of nitrogens with one attached hydrogen (secondary N) is 2. The van der Waals surface area contributed by atoms with Gasteiger partial charge < -0.3 is 4.74 Å². The molecule has 0 saturated heterocycles. The normalized spacial score (nSPS) is 10.7. The molecule has 0 atom stereocenters. The van der Waals surface area contributed by atoms with Crippen LogP contribution in [-0.2, 0) is 4.74 Å². The van der Waals surface area contributed by atoms with Crippen LogP contribution >= 0.6 is 0 Å². The molecule has 0 bridgehead atoms. The highest BCUT2D eigenvalue weighted by molar-refractivity contribution is 5.94. The van der Waals surface area contributed by atoms with Crippen molar-refractivity contribution in [1.29, 1.82) is 0 Å². The number of hydrogen-bond acceptors (Lipinski definition) is 9. The molecule has 3 heterocycles. The van der Waals surface area contributed by atoms with Gasteiger partial charge in [-0.15, -0.1) is 0 Å². The number of anilines is 2. The average molecular weight is 507 g/mol. The molecule has 0 saturated carbocycles. The van der Waals surface area contributed by atoms with E-state index in [1.54, 1.807) is 11.6 Å². The molecule has 190 valence electrons. The molecular formula is C28H26N8O2. The van der Waals surface area contributed by atoms with Gasteiger partial charge in [-0.2, -0.15) is 10.1 Å². The van der Waals surface area contributed by atoms with Gasteiger partial charge in [0.1, 0.15) is 11.4 Å². The Hall–Kier alpha value is -5.12. The summed E-state index contributed by atoms with van der Waals surface area (Å²) in [5.41, 5.74) is 10.5. The van der Waals surface area contributed by atoms with E-state index in [0.717, 1.165) is 28.2 Å². The molecule has 0 aliphatic rings. The van der Waals surface area contributed by atoms with Crippen LogP contribution in [0.25, 0.3) is 28.6 Å². The van der Waals surface area contributed by atoms with E-state index in [9.17, 15) is 4.79 Å². The van der Waals surface area contributed by atoms with Crippen LogP contribution in [0.2, 0.25) is 0 Å². The van der Waals surface area contributed by atoms with Crippen LogP contribution in [0, 0.1) is 13.8 Å². The molecule has 2 N–H and O–H groups in total. The third kappa shape index (κ3) is 5.34. The second kappa shape index (κ2) is 10.9. The molecule has 5 rings (SSSR count). The lowest BCUT2D eigenvalue weighted by atomic mass is 10.1. The fourth-order valence-corrected chi connectivity index (χ4v) is 3.87. The number of hydrazine groups is 1. The lowest BCUT2D eigenvalue weighted by molar-refractivity contribution is 0.0526. The molecule has 5 aromatic rings. The van der Waals surface area contributed by atoms with E-state index >= 15 is 0 Å². The monoisotopic (exact) mass is 506 g/mol. The Morgan fingerprint density at radius 2 is 1.61 bits per heavy atom. The van der Waals surface area contributed by atoms with E-state index in [1.807, 2.05) is 86.6 Å². The van der Waals surface area contributed by atoms with Crippen LogP contribution < -0.4 is 10.9 Å². The van der Waals surface area contributed by atoms with Crippen LogP contribution in [0.4, 0.5) is 11.6 Å². The summed E-state index contributed by atoms with van der Waals surface area (Å²) in [6.07, 6.45) is 1.42. The first-order valence-electron chi connectivity index (χ1n) is 12.1. The van der Waals surface area contributed by atoms with E-state index < -0.39 is 5.97 Å². The van der Waals surface area contributed by atoms with Crippen LogP contribution in [0.5, 0.6) is 0 Å². The number of aromatic nitrogens is 6. The van der Waals surface area contributed by atoms with E-state index in [1.165, 1.54) is 6.20 Å². The number of esters is 1. The summed E-state index contributed by atoms with van der Waals surface area (Å²) < 4.78 is 6.83. The highest BCUT2D eigenvalue weighted by Crippen LogP contribution is 2.25. The van der Waals surface area contributed by atoms with Crippen molar-refractivity contribution in [3.8, 4) is 28.6 Å². The first-order chi connectivity index (χ1) is 18.5. The SMILES string of the molecule is CCOC(=O)c1cnc(-n2nc(C)cc2C)nc1NNc1cc(-c2ccccc2)nc(-c2ccccc2)n1. The zero-order valence-corrected chi connectivity index (χ0v) is 21.2. The Labute approximate surface area is 219 Å². The topological polar surface area (TPSA) is 120 Å². The van der Waals surface area contributed by atoms with Gasteiger partial charge in [0.05, 0.1) is 18.0 Å². The first-order valence-corrected chi connectivity index (χ1v) is 12.1. The van der Waals surface area contributed by atoms with Gasteiger partial charge in [0.2, 0.25) is 0 Å². The second-order valence-electron chi connectivity index (χ2n) is 8.44. The zero-order chi connectivity index (χ0) is 26.5. The maximum Gasteiger partial charge on any atom is 0.343 e. The maximum atomic E-state index is 12.7. The van der Waals surface area contributed by atoms with Gasteiger partial charge in [0, 0.05) is 29.1 Å². The number of nitrogens with zero attached hydrogens (tertiary/aromatic N) is 6. The van der Waals surface area contributed by atoms with E-state index in [2.05, 4.69) is 25.9 Å². The Balaban J connectivity index is 1.52. The molecule has 0 unspecified atom stereocenters. The van der Waals surface area contributed by atoms with Gasteiger partial charge in [0.15, 0.2) is 11.6 Å². The number of rotatable bonds is 8. The molecule has 3 aromatic heterocycles. The number of ether oxygens (including phenoxy) is 1. The van der Waals surface area contributed by atoms with Crippen LogP contribution in [-0.4, -0.2) is 42.3 Å². The molecule has 0 fully saturated rings. The van der Waals surface area contributed by atoms with Gasteiger partial charge in [-0.05, 0) is 26.8 Å². The van der Waals surface area contributed by atoms with Crippen molar-refractivity contribution < 1.29 is 9.53 Å². The third-order valence-corrected chi connectivity index (χ3v) is 5.61. The predicted molar refractivity (Wildman–Crippen MR) is 145 cm³/mol. The lowest BCUT2D eigenvalue weighted by Crippen LogP contribution is -2.19. The summed E-state index contributed by atoms with van der Waals surface area (Å²) in [7, 11) is 0. The quantitative estimate of drug-likeness (QED) is 0.221. The Bertz CT molecular complexity index is 1510. The van der Waals surface area contributed by atoms with E-state index in [0.29, 0.717) is 17.6 Å². The number of benzene rings is 2. The fraction of sp³-hybridized carbons (Fsp3) is 0.143. The van der Waals surface area contributed by atoms with Crippen molar-refractivity contribution in [2.75, 3.05) is 17.5 Å². The molecule has 0 radical (unpaired) electrons. The van der Waals surface area contributed by atoms with Gasteiger partial charge in [-0.25, -0.2) is 24.4 Å². The van der Waals surface area contributed by atoms with Crippen LogP contribution in [0.15, 0.2) is 79.0 Å². The Kier molecular flexibility index (Phi) is 7.03. The molecule has 0 aliphatic carbocycles. The van der Waals surface area contributed by atoms with Crippen LogP contribution in [0.3, 0.4) is 0 Å². The van der Waals surface area contributed by atoms with E-state index in [-0.39, 0.29) is 18.0 Å². The van der Waals surface area contributed by atoms with Crippen molar-refractivity contribution in [2.24, 2.45) is 0 Å². The Morgan fingerprint density at radius 1 is 0.895 bits per heavy atom. The van der Waals surface area contributed by atoms with Gasteiger partial charge >= 0.3 is 5.97 Å². The van der Waals surface area contributed by atoms with Crippen molar-refractivity contribution >= 4 is 17.6 Å². The summed E-state index contributed by atoms with van der Waals surface area (Å²) in [6.45, 7) is 5.76. The van der Waals surface area contributed by atoms with Crippen molar-refractivity contribution in [1.82, 2.24) is 29.7 Å². The molecule has 38 heavy (non-hydrogen) atoms. The van der Waals surface area contributed by atoms with Crippen molar-refractivity contribution in [3.63, 3.8) is 0 Å². The number of carbonyl (C=O) groups is 1. The largest absolute Gasteiger partial charge is 0.462 e. The van der Waals surface area contributed by atoms with Gasteiger partial charge in [-0.3, -0.25) is 10.9 Å². The molecule has 10 heteroatoms. The number of carbonyl (C=O) groups excluding carboxylic acids is 1. The maximum absolute atomic E-state index is 12.7. The minimum atomic E-state index is -0.547. The van der Waals surface area contributed by atoms with Gasteiger partial charge in [0.25, 0.3) is 5.95 Å². The number of aryl methyl sites for hydroxylation is 2. The van der Waals surface area contributed by atoms with Crippen LogP contribution in [0.1, 0.15) is 28.7 Å². The van der Waals surface area contributed by atoms with E-state index in [4.69, 9.17) is 14.7 Å². The zero-order valence-electron chi connectivity index (χ0n) is 21.2. The summed E-state index contributed by atoms with van der Waals surface area (Å²) in [5, 5.41) is 4.45. The lowest BCUT2D eigenvalue weighted by Gasteiger charge is -2.14. The summed E-state index contributed by atoms with van der Waals surface area (Å²) >= 11 is 0. The Morgan fingerprint density at radius 3 is 2.26 bits per heavy atom. The van der Waals surface area contributed by atoms with Crippen molar-refractivity contribution in [2.45, 2.75) is 20.8 Å². The summed E-state index contributed by atoms with van der Waals surface area (Å²) in [4.78, 5) is 31.0. The fourth-order valence-electron chi connectivity index (χ4n) is 3.87. The molecule has 10 nitrogen and oxygen atoms in total. The highest BCUT2D eigenvalue weighted by atomic mass is 16.5. The summed E-state index contributed by atoms with van der Waals surface area (Å²) in [6, 6.07) is 23.3. The third-order valence-electron chi connectivity index (χ3n) is 5.61. The van der Waals surface area contributed by atoms with Crippen molar-refractivity contribution in [3.05, 3.63) is 95.9 Å². The molecule has 0 amide bonds. The molecular weight excluding hydrogens is 480 g/mol. The minimum Gasteiger partial charge on any atom is -0.462 e. The minimum absolute atomic E-state index is 0.172.